The number of primary amides is 1. The minimum atomic E-state index is -0.608. The summed E-state index contributed by atoms with van der Waals surface area (Å²) in [5.41, 5.74) is 6.58. The van der Waals surface area contributed by atoms with Crippen molar-refractivity contribution >= 4 is 5.91 Å². The summed E-state index contributed by atoms with van der Waals surface area (Å²) >= 11 is 0. The first-order chi connectivity index (χ1) is 8.08. The van der Waals surface area contributed by atoms with Gasteiger partial charge < -0.3 is 10.8 Å². The average Bonchev–Trinajstić information content (AvgIpc) is 2.78. The Labute approximate surface area is 97.7 Å². The summed E-state index contributed by atoms with van der Waals surface area (Å²) < 4.78 is 1.50. The molecule has 0 spiro atoms. The Balaban J connectivity index is 2.30. The van der Waals surface area contributed by atoms with Crippen molar-refractivity contribution in [2.24, 2.45) is 5.73 Å². The predicted octanol–water partition coefficient (Wildman–Crippen LogP) is 0.420. The molecule has 0 fully saturated rings. The second-order valence-electron chi connectivity index (χ2n) is 3.63. The number of carbonyl (C=O) groups is 1. The maximum atomic E-state index is 10.9. The first-order valence-corrected chi connectivity index (χ1v) is 5.08. The van der Waals surface area contributed by atoms with Crippen molar-refractivity contribution in [3.8, 4) is 5.69 Å². The van der Waals surface area contributed by atoms with Gasteiger partial charge in [0.2, 0.25) is 0 Å². The van der Waals surface area contributed by atoms with E-state index < -0.39 is 12.0 Å². The predicted molar refractivity (Wildman–Crippen MR) is 60.5 cm³/mol. The largest absolute Gasteiger partial charge is 0.387 e. The van der Waals surface area contributed by atoms with E-state index in [2.05, 4.69) is 10.1 Å². The summed E-state index contributed by atoms with van der Waals surface area (Å²) in [5, 5.41) is 13.3. The van der Waals surface area contributed by atoms with Crippen LogP contribution in [0.3, 0.4) is 0 Å². The van der Waals surface area contributed by atoms with Crippen LogP contribution >= 0.6 is 0 Å². The number of nitrogens with two attached hydrogens (primary N) is 1. The van der Waals surface area contributed by atoms with E-state index in [0.29, 0.717) is 11.4 Å². The zero-order valence-corrected chi connectivity index (χ0v) is 9.24. The smallest absolute Gasteiger partial charge is 0.269 e. The molecule has 0 saturated heterocycles. The molecule has 6 heteroatoms. The third-order valence-electron chi connectivity index (χ3n) is 2.30. The maximum absolute atomic E-state index is 10.9. The van der Waals surface area contributed by atoms with E-state index in [9.17, 15) is 9.90 Å². The summed E-state index contributed by atoms with van der Waals surface area (Å²) in [4.78, 5) is 15.0. The van der Waals surface area contributed by atoms with Crippen LogP contribution in [-0.2, 0) is 0 Å². The maximum Gasteiger partial charge on any atom is 0.269 e. The van der Waals surface area contributed by atoms with Crippen LogP contribution in [0.2, 0.25) is 0 Å². The number of pyridine rings is 1. The second-order valence-corrected chi connectivity index (χ2v) is 3.63. The summed E-state index contributed by atoms with van der Waals surface area (Å²) in [6.07, 6.45) is 2.58. The third-order valence-corrected chi connectivity index (χ3v) is 2.30. The molecule has 0 radical (unpaired) electrons. The van der Waals surface area contributed by atoms with E-state index in [-0.39, 0.29) is 5.69 Å². The van der Waals surface area contributed by atoms with Crippen molar-refractivity contribution in [1.82, 2.24) is 14.8 Å². The minimum absolute atomic E-state index is 0.199. The van der Waals surface area contributed by atoms with Gasteiger partial charge in [0.1, 0.15) is 5.69 Å². The number of aliphatic hydroxyl groups is 1. The van der Waals surface area contributed by atoms with Crippen molar-refractivity contribution in [2.45, 2.75) is 13.0 Å². The Morgan fingerprint density at radius 3 is 2.71 bits per heavy atom. The average molecular weight is 232 g/mol. The number of nitrogens with zero attached hydrogens (tertiary/aromatic N) is 3. The van der Waals surface area contributed by atoms with Crippen molar-refractivity contribution < 1.29 is 9.90 Å². The Hall–Kier alpha value is -2.21. The van der Waals surface area contributed by atoms with Crippen molar-refractivity contribution in [2.75, 3.05) is 0 Å². The number of aromatic nitrogens is 3. The summed E-state index contributed by atoms with van der Waals surface area (Å²) in [6, 6.07) is 4.99. The van der Waals surface area contributed by atoms with E-state index in [1.54, 1.807) is 31.5 Å². The van der Waals surface area contributed by atoms with E-state index in [0.717, 1.165) is 0 Å². The lowest BCUT2D eigenvalue weighted by Crippen LogP contribution is -2.12. The molecule has 0 saturated carbocycles. The van der Waals surface area contributed by atoms with Crippen LogP contribution in [0.25, 0.3) is 5.69 Å². The Morgan fingerprint density at radius 1 is 1.47 bits per heavy atom. The molecule has 2 aromatic heterocycles. The van der Waals surface area contributed by atoms with E-state index in [1.165, 1.54) is 10.7 Å². The van der Waals surface area contributed by atoms with Gasteiger partial charge in [-0.05, 0) is 25.1 Å². The highest BCUT2D eigenvalue weighted by atomic mass is 16.3. The number of aliphatic hydroxyl groups excluding tert-OH is 1. The van der Waals surface area contributed by atoms with Gasteiger partial charge in [-0.2, -0.15) is 5.10 Å². The zero-order chi connectivity index (χ0) is 12.4. The lowest BCUT2D eigenvalue weighted by atomic mass is 10.2. The SMILES string of the molecule is C[C@@H](O)c1ccc(-n2ccc(C(N)=O)n2)cn1. The van der Waals surface area contributed by atoms with Gasteiger partial charge in [0.25, 0.3) is 5.91 Å². The van der Waals surface area contributed by atoms with E-state index >= 15 is 0 Å². The Morgan fingerprint density at radius 2 is 2.24 bits per heavy atom. The molecule has 0 aliphatic carbocycles. The molecule has 0 aliphatic rings. The van der Waals surface area contributed by atoms with Gasteiger partial charge in [0.05, 0.1) is 23.7 Å². The summed E-state index contributed by atoms with van der Waals surface area (Å²) in [5.74, 6) is -0.572. The molecule has 17 heavy (non-hydrogen) atoms. The molecule has 6 nitrogen and oxygen atoms in total. The topological polar surface area (TPSA) is 94.0 Å². The van der Waals surface area contributed by atoms with Crippen LogP contribution in [0.1, 0.15) is 29.2 Å². The van der Waals surface area contributed by atoms with Gasteiger partial charge in [-0.15, -0.1) is 0 Å². The van der Waals surface area contributed by atoms with Crippen molar-refractivity contribution in [1.29, 1.82) is 0 Å². The second kappa shape index (κ2) is 4.34. The van der Waals surface area contributed by atoms with Crippen molar-refractivity contribution in [3.05, 3.63) is 42.0 Å². The van der Waals surface area contributed by atoms with Crippen LogP contribution < -0.4 is 5.73 Å². The Bertz CT molecular complexity index is 531. The molecule has 0 bridgehead atoms. The molecular formula is C11H12N4O2. The van der Waals surface area contributed by atoms with Crippen LogP contribution in [-0.4, -0.2) is 25.8 Å². The van der Waals surface area contributed by atoms with Crippen LogP contribution in [0.15, 0.2) is 30.6 Å². The van der Waals surface area contributed by atoms with Gasteiger partial charge in [0, 0.05) is 6.20 Å². The lowest BCUT2D eigenvalue weighted by Gasteiger charge is -2.05. The molecule has 2 heterocycles. The van der Waals surface area contributed by atoms with Crippen LogP contribution in [0, 0.1) is 0 Å². The van der Waals surface area contributed by atoms with E-state index in [1.807, 2.05) is 0 Å². The molecule has 0 aliphatic heterocycles. The molecule has 0 aromatic carbocycles. The summed E-state index contributed by atoms with van der Waals surface area (Å²) in [6.45, 7) is 1.64. The van der Waals surface area contributed by atoms with Crippen LogP contribution in [0.4, 0.5) is 0 Å². The fourth-order valence-electron chi connectivity index (χ4n) is 1.38. The van der Waals surface area contributed by atoms with Crippen LogP contribution in [0.5, 0.6) is 0 Å². The van der Waals surface area contributed by atoms with Gasteiger partial charge in [-0.3, -0.25) is 9.78 Å². The number of rotatable bonds is 3. The fraction of sp³-hybridized carbons (Fsp3) is 0.182. The van der Waals surface area contributed by atoms with Gasteiger partial charge >= 0.3 is 0 Å². The molecule has 0 unspecified atom stereocenters. The number of carbonyl (C=O) groups excluding carboxylic acids is 1. The Kier molecular flexibility index (Phi) is 2.88. The number of amides is 1. The zero-order valence-electron chi connectivity index (χ0n) is 9.24. The lowest BCUT2D eigenvalue weighted by molar-refractivity contribution is 0.0995. The molecular weight excluding hydrogens is 220 g/mol. The fourth-order valence-corrected chi connectivity index (χ4v) is 1.38. The monoisotopic (exact) mass is 232 g/mol. The number of hydrogen-bond acceptors (Lipinski definition) is 4. The van der Waals surface area contributed by atoms with Gasteiger partial charge in [-0.1, -0.05) is 0 Å². The van der Waals surface area contributed by atoms with E-state index in [4.69, 9.17) is 5.73 Å². The standard InChI is InChI=1S/C11H12N4O2/c1-7(16)9-3-2-8(6-13-9)15-5-4-10(14-15)11(12)17/h2-7,16H,1H3,(H2,12,17)/t7-/m1/s1. The van der Waals surface area contributed by atoms with Crippen molar-refractivity contribution in [3.63, 3.8) is 0 Å². The first kappa shape index (κ1) is 11.3. The van der Waals surface area contributed by atoms with Gasteiger partial charge in [-0.25, -0.2) is 4.68 Å². The minimum Gasteiger partial charge on any atom is -0.387 e. The highest BCUT2D eigenvalue weighted by molar-refractivity contribution is 5.90. The third kappa shape index (κ3) is 2.31. The number of hydrogen-bond donors (Lipinski definition) is 2. The highest BCUT2D eigenvalue weighted by Gasteiger charge is 2.07. The highest BCUT2D eigenvalue weighted by Crippen LogP contribution is 2.11. The molecule has 2 aromatic rings. The molecule has 3 N–H and O–H groups in total. The molecule has 88 valence electrons. The molecule has 2 rings (SSSR count). The first-order valence-electron chi connectivity index (χ1n) is 5.08. The normalized spacial score (nSPS) is 12.4. The quantitative estimate of drug-likeness (QED) is 0.801. The molecule has 1 atom stereocenters. The molecule has 1 amide bonds. The summed E-state index contributed by atoms with van der Waals surface area (Å²) in [7, 11) is 0. The van der Waals surface area contributed by atoms with Gasteiger partial charge in [0.15, 0.2) is 0 Å².